The van der Waals surface area contributed by atoms with E-state index in [1.165, 1.54) is 29.1 Å². The molecule has 0 amide bonds. The van der Waals surface area contributed by atoms with Gasteiger partial charge in [0.05, 0.1) is 10.7 Å². The predicted octanol–water partition coefficient (Wildman–Crippen LogP) is 5.66. The van der Waals surface area contributed by atoms with Crippen LogP contribution >= 0.6 is 11.8 Å². The van der Waals surface area contributed by atoms with E-state index in [1.54, 1.807) is 11.8 Å². The number of Topliss-reactive ketones (excluding diaryl/α,β-unsaturated/α-hetero) is 1. The van der Waals surface area contributed by atoms with Crippen LogP contribution in [0.2, 0.25) is 0 Å². The number of anilines is 1. The quantitative estimate of drug-likeness (QED) is 0.669. The number of thioether (sulfide) groups is 1. The summed E-state index contributed by atoms with van der Waals surface area (Å²) in [4.78, 5) is 16.0. The average Bonchev–Trinajstić information content (AvgIpc) is 2.94. The molecule has 0 atom stereocenters. The van der Waals surface area contributed by atoms with Gasteiger partial charge in [-0.25, -0.2) is 0 Å². The summed E-state index contributed by atoms with van der Waals surface area (Å²) in [6.45, 7) is 4.05. The van der Waals surface area contributed by atoms with Crippen molar-refractivity contribution in [1.29, 1.82) is 0 Å². The Morgan fingerprint density at radius 2 is 2.09 bits per heavy atom. The molecule has 0 unspecified atom stereocenters. The highest BCUT2D eigenvalue weighted by atomic mass is 32.2. The molecule has 3 heteroatoms. The number of nitrogens with zero attached hydrogens (tertiary/aromatic N) is 1. The molecule has 0 fully saturated rings. The first-order valence-electron chi connectivity index (χ1n) is 8.22. The van der Waals surface area contributed by atoms with E-state index >= 15 is 0 Å². The molecule has 1 aromatic rings. The van der Waals surface area contributed by atoms with Crippen molar-refractivity contribution in [3.05, 3.63) is 46.6 Å². The fourth-order valence-corrected chi connectivity index (χ4v) is 4.27. The van der Waals surface area contributed by atoms with E-state index in [-0.39, 0.29) is 5.78 Å². The van der Waals surface area contributed by atoms with Crippen LogP contribution in [0.1, 0.15) is 52.4 Å². The first-order valence-corrected chi connectivity index (χ1v) is 9.04. The van der Waals surface area contributed by atoms with Gasteiger partial charge in [-0.15, -0.1) is 0 Å². The maximum Gasteiger partial charge on any atom is 0.161 e. The van der Waals surface area contributed by atoms with Crippen molar-refractivity contribution in [2.75, 3.05) is 4.90 Å². The normalized spacial score (nSPS) is 19.7. The molecule has 116 valence electrons. The molecule has 1 aromatic carbocycles. The SMILES string of the molecule is CCCC(=O)/C(C)=C1\Sc2ccccc2N1C1=CCCCC1. The second-order valence-electron chi connectivity index (χ2n) is 5.95. The summed E-state index contributed by atoms with van der Waals surface area (Å²) in [5.41, 5.74) is 3.51. The molecule has 1 heterocycles. The Bertz CT molecular complexity index is 645. The summed E-state index contributed by atoms with van der Waals surface area (Å²) >= 11 is 1.74. The van der Waals surface area contributed by atoms with Crippen molar-refractivity contribution in [2.24, 2.45) is 0 Å². The van der Waals surface area contributed by atoms with Crippen LogP contribution in [0.5, 0.6) is 0 Å². The number of fused-ring (bicyclic) bond motifs is 1. The molecule has 0 spiro atoms. The van der Waals surface area contributed by atoms with Gasteiger partial charge in [0.2, 0.25) is 0 Å². The second kappa shape index (κ2) is 6.74. The zero-order valence-corrected chi connectivity index (χ0v) is 14.2. The molecule has 0 N–H and O–H groups in total. The Balaban J connectivity index is 2.05. The highest BCUT2D eigenvalue weighted by molar-refractivity contribution is 8.03. The van der Waals surface area contributed by atoms with E-state index in [0.29, 0.717) is 6.42 Å². The van der Waals surface area contributed by atoms with Gasteiger partial charge in [-0.2, -0.15) is 0 Å². The van der Waals surface area contributed by atoms with Crippen molar-refractivity contribution in [3.8, 4) is 0 Å². The fraction of sp³-hybridized carbons (Fsp3) is 0.421. The van der Waals surface area contributed by atoms with Crippen molar-refractivity contribution in [1.82, 2.24) is 0 Å². The van der Waals surface area contributed by atoms with E-state index in [0.717, 1.165) is 29.9 Å². The molecule has 0 bridgehead atoms. The third-order valence-corrected chi connectivity index (χ3v) is 5.53. The standard InChI is InChI=1S/C19H23NOS/c1-3-9-17(21)14(2)19-20(15-10-5-4-6-11-15)16-12-7-8-13-18(16)22-19/h7-8,10,12-13H,3-6,9,11H2,1-2H3/b19-14-. The molecular formula is C19H23NOS. The third kappa shape index (κ3) is 2.87. The van der Waals surface area contributed by atoms with Crippen molar-refractivity contribution < 1.29 is 4.79 Å². The second-order valence-corrected chi connectivity index (χ2v) is 6.98. The summed E-state index contributed by atoms with van der Waals surface area (Å²) in [5, 5.41) is 1.12. The van der Waals surface area contributed by atoms with E-state index in [1.807, 2.05) is 6.92 Å². The van der Waals surface area contributed by atoms with Crippen LogP contribution in [0.4, 0.5) is 5.69 Å². The Kier molecular flexibility index (Phi) is 4.72. The fourth-order valence-electron chi connectivity index (χ4n) is 3.07. The molecule has 2 aliphatic rings. The largest absolute Gasteiger partial charge is 0.307 e. The number of carbonyl (C=O) groups is 1. The zero-order chi connectivity index (χ0) is 15.5. The first-order chi connectivity index (χ1) is 10.7. The molecule has 0 saturated heterocycles. The van der Waals surface area contributed by atoms with Crippen molar-refractivity contribution in [2.45, 2.75) is 57.3 Å². The van der Waals surface area contributed by atoms with Gasteiger partial charge in [0.15, 0.2) is 5.78 Å². The summed E-state index contributed by atoms with van der Waals surface area (Å²) in [7, 11) is 0. The Morgan fingerprint density at radius 3 is 2.82 bits per heavy atom. The molecule has 2 nitrogen and oxygen atoms in total. The van der Waals surface area contributed by atoms with E-state index < -0.39 is 0 Å². The highest BCUT2D eigenvalue weighted by Crippen LogP contribution is 2.50. The van der Waals surface area contributed by atoms with Gasteiger partial charge in [0.25, 0.3) is 0 Å². The van der Waals surface area contributed by atoms with Crippen molar-refractivity contribution >= 4 is 23.2 Å². The minimum Gasteiger partial charge on any atom is -0.307 e. The Hall–Kier alpha value is -1.48. The molecule has 1 aliphatic carbocycles. The summed E-state index contributed by atoms with van der Waals surface area (Å²) in [6, 6.07) is 8.48. The van der Waals surface area contributed by atoms with Gasteiger partial charge >= 0.3 is 0 Å². The monoisotopic (exact) mass is 313 g/mol. The smallest absolute Gasteiger partial charge is 0.161 e. The van der Waals surface area contributed by atoms with Gasteiger partial charge < -0.3 is 4.90 Å². The van der Waals surface area contributed by atoms with Crippen LogP contribution in [0, 0.1) is 0 Å². The topological polar surface area (TPSA) is 20.3 Å². The highest BCUT2D eigenvalue weighted by Gasteiger charge is 2.30. The third-order valence-electron chi connectivity index (χ3n) is 4.29. The minimum absolute atomic E-state index is 0.277. The lowest BCUT2D eigenvalue weighted by Gasteiger charge is -2.27. The molecule has 0 saturated carbocycles. The Morgan fingerprint density at radius 1 is 1.27 bits per heavy atom. The molecule has 22 heavy (non-hydrogen) atoms. The van der Waals surface area contributed by atoms with Gasteiger partial charge in [0.1, 0.15) is 0 Å². The molecular weight excluding hydrogens is 290 g/mol. The van der Waals surface area contributed by atoms with Crippen LogP contribution in [-0.2, 0) is 4.79 Å². The Labute approximate surface area is 137 Å². The number of benzene rings is 1. The number of hydrogen-bond donors (Lipinski definition) is 0. The van der Waals surface area contributed by atoms with Crippen LogP contribution < -0.4 is 4.90 Å². The number of carbonyl (C=O) groups excluding carboxylic acids is 1. The van der Waals surface area contributed by atoms with E-state index in [4.69, 9.17) is 0 Å². The first kappa shape index (κ1) is 15.4. The van der Waals surface area contributed by atoms with E-state index in [9.17, 15) is 4.79 Å². The van der Waals surface area contributed by atoms with Crippen LogP contribution in [0.25, 0.3) is 0 Å². The van der Waals surface area contributed by atoms with Crippen LogP contribution in [-0.4, -0.2) is 5.78 Å². The number of rotatable bonds is 4. The van der Waals surface area contributed by atoms with Crippen molar-refractivity contribution in [3.63, 3.8) is 0 Å². The molecule has 1 aliphatic heterocycles. The lowest BCUT2D eigenvalue weighted by Crippen LogP contribution is -2.21. The van der Waals surface area contributed by atoms with Gasteiger partial charge in [-0.1, -0.05) is 36.9 Å². The van der Waals surface area contributed by atoms with Gasteiger partial charge in [-0.3, -0.25) is 4.79 Å². The average molecular weight is 313 g/mol. The van der Waals surface area contributed by atoms with Gasteiger partial charge in [-0.05, 0) is 51.2 Å². The number of hydrogen-bond acceptors (Lipinski definition) is 3. The number of para-hydroxylation sites is 1. The molecule has 3 rings (SSSR count). The maximum atomic E-state index is 12.4. The lowest BCUT2D eigenvalue weighted by atomic mass is 10.0. The number of ketones is 1. The van der Waals surface area contributed by atoms with Crippen LogP contribution in [0.15, 0.2) is 51.5 Å². The maximum absolute atomic E-state index is 12.4. The minimum atomic E-state index is 0.277. The molecule has 0 radical (unpaired) electrons. The predicted molar refractivity (Wildman–Crippen MR) is 93.9 cm³/mol. The summed E-state index contributed by atoms with van der Waals surface area (Å²) < 4.78 is 0. The van der Waals surface area contributed by atoms with Gasteiger partial charge in [0, 0.05) is 22.6 Å². The zero-order valence-electron chi connectivity index (χ0n) is 13.4. The molecule has 0 aromatic heterocycles. The summed E-state index contributed by atoms with van der Waals surface area (Å²) in [6.07, 6.45) is 8.66. The van der Waals surface area contributed by atoms with E-state index in [2.05, 4.69) is 42.2 Å². The van der Waals surface area contributed by atoms with Crippen LogP contribution in [0.3, 0.4) is 0 Å². The summed E-state index contributed by atoms with van der Waals surface area (Å²) in [5.74, 6) is 0.277. The number of allylic oxidation sites excluding steroid dienone is 3. The lowest BCUT2D eigenvalue weighted by molar-refractivity contribution is -0.115.